The van der Waals surface area contributed by atoms with Gasteiger partial charge in [0.1, 0.15) is 0 Å². The van der Waals surface area contributed by atoms with Crippen LogP contribution >= 0.6 is 0 Å². The fraction of sp³-hybridized carbons (Fsp3) is 0.800. The predicted octanol–water partition coefficient (Wildman–Crippen LogP) is 1.44. The molecule has 0 radical (unpaired) electrons. The van der Waals surface area contributed by atoms with E-state index in [1.807, 2.05) is 6.92 Å². The Morgan fingerprint density at radius 3 is 2.21 bits per heavy atom. The molecule has 1 aliphatic rings. The molecular weight excluding hydrogens is 184 g/mol. The lowest BCUT2D eigenvalue weighted by Gasteiger charge is -2.33. The number of carbonyl (C=O) groups excluding carboxylic acids is 1. The van der Waals surface area contributed by atoms with Crippen molar-refractivity contribution in [2.45, 2.75) is 32.6 Å². The van der Waals surface area contributed by atoms with Gasteiger partial charge in [-0.15, -0.1) is 0 Å². The Balaban J connectivity index is 2.57. The molecule has 0 aromatic carbocycles. The van der Waals surface area contributed by atoms with E-state index in [4.69, 9.17) is 9.84 Å². The molecule has 1 aliphatic carbocycles. The monoisotopic (exact) mass is 200 g/mol. The smallest absolute Gasteiger partial charge is 0.311 e. The highest BCUT2D eigenvalue weighted by atomic mass is 16.5. The normalized spacial score (nSPS) is 32.3. The SMILES string of the molecule is COC(=O)C1(C)CCC(C(=O)O)CC1. The molecule has 0 atom stereocenters. The molecule has 0 spiro atoms. The van der Waals surface area contributed by atoms with Crippen LogP contribution in [0, 0.1) is 11.3 Å². The van der Waals surface area contributed by atoms with Gasteiger partial charge in [0.15, 0.2) is 0 Å². The quantitative estimate of drug-likeness (QED) is 0.685. The van der Waals surface area contributed by atoms with Crippen LogP contribution in [0.1, 0.15) is 32.6 Å². The summed E-state index contributed by atoms with van der Waals surface area (Å²) in [6.07, 6.45) is 2.36. The summed E-state index contributed by atoms with van der Waals surface area (Å²) in [5.74, 6) is -1.26. The zero-order chi connectivity index (χ0) is 10.8. The summed E-state index contributed by atoms with van der Waals surface area (Å²) in [5.41, 5.74) is -0.472. The molecule has 0 aromatic rings. The summed E-state index contributed by atoms with van der Waals surface area (Å²) >= 11 is 0. The van der Waals surface area contributed by atoms with E-state index in [1.54, 1.807) is 0 Å². The Hall–Kier alpha value is -1.06. The van der Waals surface area contributed by atoms with Gasteiger partial charge in [0.25, 0.3) is 0 Å². The van der Waals surface area contributed by atoms with Crippen LogP contribution in [-0.2, 0) is 14.3 Å². The number of hydrogen-bond acceptors (Lipinski definition) is 3. The van der Waals surface area contributed by atoms with Crippen LogP contribution < -0.4 is 0 Å². The van der Waals surface area contributed by atoms with Crippen molar-refractivity contribution >= 4 is 11.9 Å². The number of carboxylic acid groups (broad SMARTS) is 1. The molecule has 0 heterocycles. The molecule has 1 fully saturated rings. The van der Waals surface area contributed by atoms with E-state index in [2.05, 4.69) is 0 Å². The van der Waals surface area contributed by atoms with Gasteiger partial charge in [-0.3, -0.25) is 9.59 Å². The number of methoxy groups -OCH3 is 1. The second-order valence-electron chi connectivity index (χ2n) is 4.16. The lowest BCUT2D eigenvalue weighted by atomic mass is 9.72. The van der Waals surface area contributed by atoms with Gasteiger partial charge in [-0.25, -0.2) is 0 Å². The van der Waals surface area contributed by atoms with Crippen LogP contribution in [0.25, 0.3) is 0 Å². The van der Waals surface area contributed by atoms with Crippen molar-refractivity contribution in [1.82, 2.24) is 0 Å². The maximum Gasteiger partial charge on any atom is 0.311 e. The first-order valence-corrected chi connectivity index (χ1v) is 4.81. The molecule has 1 N–H and O–H groups in total. The van der Waals surface area contributed by atoms with E-state index in [9.17, 15) is 9.59 Å². The Bertz CT molecular complexity index is 239. The molecule has 1 saturated carbocycles. The van der Waals surface area contributed by atoms with Crippen LogP contribution in [0.5, 0.6) is 0 Å². The minimum Gasteiger partial charge on any atom is -0.481 e. The molecule has 14 heavy (non-hydrogen) atoms. The van der Waals surface area contributed by atoms with E-state index < -0.39 is 11.4 Å². The highest BCUT2D eigenvalue weighted by Gasteiger charge is 2.40. The molecule has 0 saturated heterocycles. The van der Waals surface area contributed by atoms with E-state index in [1.165, 1.54) is 7.11 Å². The first-order valence-electron chi connectivity index (χ1n) is 4.81. The maximum absolute atomic E-state index is 11.4. The van der Waals surface area contributed by atoms with Gasteiger partial charge in [-0.1, -0.05) is 0 Å². The van der Waals surface area contributed by atoms with Gasteiger partial charge in [0.05, 0.1) is 18.4 Å². The van der Waals surface area contributed by atoms with E-state index in [0.29, 0.717) is 25.7 Å². The molecule has 1 rings (SSSR count). The second kappa shape index (κ2) is 3.98. The first kappa shape index (κ1) is 11.0. The summed E-state index contributed by atoms with van der Waals surface area (Å²) in [5, 5.41) is 8.79. The fourth-order valence-corrected chi connectivity index (χ4v) is 1.95. The minimum absolute atomic E-state index is 0.221. The van der Waals surface area contributed by atoms with Crippen molar-refractivity contribution < 1.29 is 19.4 Å². The van der Waals surface area contributed by atoms with Crippen molar-refractivity contribution in [2.75, 3.05) is 7.11 Å². The van der Waals surface area contributed by atoms with Crippen LogP contribution in [0.15, 0.2) is 0 Å². The summed E-state index contributed by atoms with van der Waals surface area (Å²) in [4.78, 5) is 22.1. The second-order valence-corrected chi connectivity index (χ2v) is 4.16. The summed E-state index contributed by atoms with van der Waals surface area (Å²) < 4.78 is 4.70. The molecule has 4 heteroatoms. The zero-order valence-electron chi connectivity index (χ0n) is 8.58. The highest BCUT2D eigenvalue weighted by molar-refractivity contribution is 5.77. The van der Waals surface area contributed by atoms with Crippen molar-refractivity contribution in [3.63, 3.8) is 0 Å². The zero-order valence-corrected chi connectivity index (χ0v) is 8.58. The topological polar surface area (TPSA) is 63.6 Å². The minimum atomic E-state index is -0.753. The fourth-order valence-electron chi connectivity index (χ4n) is 1.95. The summed E-state index contributed by atoms with van der Waals surface area (Å²) in [6.45, 7) is 1.84. The van der Waals surface area contributed by atoms with Gasteiger partial charge >= 0.3 is 11.9 Å². The maximum atomic E-state index is 11.4. The average molecular weight is 200 g/mol. The number of aliphatic carboxylic acids is 1. The molecular formula is C10H16O4. The summed E-state index contributed by atoms with van der Waals surface area (Å²) in [7, 11) is 1.37. The van der Waals surface area contributed by atoms with Gasteiger partial charge in [-0.05, 0) is 32.6 Å². The molecule has 4 nitrogen and oxygen atoms in total. The molecule has 0 unspecified atom stereocenters. The van der Waals surface area contributed by atoms with Crippen molar-refractivity contribution in [3.8, 4) is 0 Å². The van der Waals surface area contributed by atoms with Crippen molar-refractivity contribution in [3.05, 3.63) is 0 Å². The van der Waals surface area contributed by atoms with E-state index in [0.717, 1.165) is 0 Å². The van der Waals surface area contributed by atoms with Crippen LogP contribution in [0.3, 0.4) is 0 Å². The van der Waals surface area contributed by atoms with Crippen LogP contribution in [0.4, 0.5) is 0 Å². The lowest BCUT2D eigenvalue weighted by Crippen LogP contribution is -2.35. The number of ether oxygens (including phenoxy) is 1. The Morgan fingerprint density at radius 2 is 1.86 bits per heavy atom. The van der Waals surface area contributed by atoms with Crippen LogP contribution in [0.2, 0.25) is 0 Å². The first-order chi connectivity index (χ1) is 6.49. The number of carbonyl (C=O) groups is 2. The number of hydrogen-bond donors (Lipinski definition) is 1. The average Bonchev–Trinajstić information content (AvgIpc) is 2.17. The number of rotatable bonds is 2. The van der Waals surface area contributed by atoms with Gasteiger partial charge in [0, 0.05) is 0 Å². The highest BCUT2D eigenvalue weighted by Crippen LogP contribution is 2.39. The lowest BCUT2D eigenvalue weighted by molar-refractivity contribution is -0.157. The van der Waals surface area contributed by atoms with Crippen molar-refractivity contribution in [1.29, 1.82) is 0 Å². The Morgan fingerprint density at radius 1 is 1.36 bits per heavy atom. The van der Waals surface area contributed by atoms with Gasteiger partial charge in [-0.2, -0.15) is 0 Å². The molecule has 0 amide bonds. The molecule has 0 aliphatic heterocycles. The third kappa shape index (κ3) is 2.05. The Labute approximate surface area is 83.2 Å². The number of carboxylic acids is 1. The number of esters is 1. The molecule has 0 bridgehead atoms. The third-order valence-electron chi connectivity index (χ3n) is 3.12. The van der Waals surface area contributed by atoms with E-state index >= 15 is 0 Å². The predicted molar refractivity (Wildman–Crippen MR) is 49.7 cm³/mol. The third-order valence-corrected chi connectivity index (χ3v) is 3.12. The summed E-state index contributed by atoms with van der Waals surface area (Å²) in [6, 6.07) is 0. The molecule has 80 valence electrons. The largest absolute Gasteiger partial charge is 0.481 e. The van der Waals surface area contributed by atoms with E-state index in [-0.39, 0.29) is 11.9 Å². The van der Waals surface area contributed by atoms with Gasteiger partial charge < -0.3 is 9.84 Å². The van der Waals surface area contributed by atoms with Gasteiger partial charge in [0.2, 0.25) is 0 Å². The Kier molecular flexibility index (Phi) is 3.13. The standard InChI is InChI=1S/C10H16O4/c1-10(9(13)14-2)5-3-7(4-6-10)8(11)12/h7H,3-6H2,1-2H3,(H,11,12). The molecule has 0 aromatic heterocycles. The van der Waals surface area contributed by atoms with Crippen LogP contribution in [-0.4, -0.2) is 24.2 Å². The van der Waals surface area contributed by atoms with Crippen molar-refractivity contribution in [2.24, 2.45) is 11.3 Å².